The van der Waals surface area contributed by atoms with Gasteiger partial charge in [0.25, 0.3) is 5.91 Å². The summed E-state index contributed by atoms with van der Waals surface area (Å²) >= 11 is 0. The van der Waals surface area contributed by atoms with Crippen LogP contribution in [-0.4, -0.2) is 93.4 Å². The first-order chi connectivity index (χ1) is 20.9. The monoisotopic (exact) mass is 593 g/mol. The Morgan fingerprint density at radius 3 is 2.41 bits per heavy atom. The largest absolute Gasteiger partial charge is 0.374 e. The highest BCUT2D eigenvalue weighted by Crippen LogP contribution is 2.29. The number of piperazine rings is 1. The number of carbonyl (C=O) groups is 2. The lowest BCUT2D eigenvalue weighted by atomic mass is 9.82. The van der Waals surface area contributed by atoms with Gasteiger partial charge in [-0.2, -0.15) is 0 Å². The van der Waals surface area contributed by atoms with Crippen molar-refractivity contribution in [2.24, 2.45) is 0 Å². The average molecular weight is 594 g/mol. The van der Waals surface area contributed by atoms with E-state index in [0.29, 0.717) is 34.0 Å². The average Bonchev–Trinajstić information content (AvgIpc) is 3.39. The molecule has 1 amide bonds. The second-order valence-electron chi connectivity index (χ2n) is 12.5. The molecule has 1 aromatic carbocycles. The van der Waals surface area contributed by atoms with Crippen LogP contribution >= 0.6 is 0 Å². The number of hydrogen-bond acceptors (Lipinski definition) is 9. The fraction of sp³-hybridized carbons (Fsp3) is 0.394. The predicted octanol–water partition coefficient (Wildman–Crippen LogP) is 3.48. The van der Waals surface area contributed by atoms with E-state index in [4.69, 9.17) is 0 Å². The Balaban J connectivity index is 1.40. The highest BCUT2D eigenvalue weighted by molar-refractivity contribution is 6.03. The van der Waals surface area contributed by atoms with Gasteiger partial charge in [0.05, 0.1) is 11.9 Å². The number of nitrogens with zero attached hydrogens (tertiary/aromatic N) is 8. The van der Waals surface area contributed by atoms with Gasteiger partial charge in [0.2, 0.25) is 11.8 Å². The van der Waals surface area contributed by atoms with E-state index >= 15 is 0 Å². The fourth-order valence-corrected chi connectivity index (χ4v) is 5.13. The van der Waals surface area contributed by atoms with Crippen LogP contribution < -0.4 is 10.2 Å². The highest BCUT2D eigenvalue weighted by Gasteiger charge is 2.23. The highest BCUT2D eigenvalue weighted by atomic mass is 16.1. The van der Waals surface area contributed by atoms with E-state index in [0.717, 1.165) is 38.3 Å². The van der Waals surface area contributed by atoms with Gasteiger partial charge in [0.1, 0.15) is 5.69 Å². The standard InChI is InChI=1S/C33H39N9O2/c1-22(43)24-10-12-29-37-38-30(42(29)21-24)13-11-27-28(39(5)6)19-34-32(35-27)36-31(44)23-8-9-25(26(18-23)33(2,3)4)20-41-16-14-40(7)15-17-41/h8-10,12,18-19,21H,14-17,20H2,1-7H3,(H,34,35,36,44). The number of carbonyl (C=O) groups excluding carboxylic acids is 2. The first kappa shape index (κ1) is 30.8. The number of anilines is 2. The molecule has 0 bridgehead atoms. The van der Waals surface area contributed by atoms with Crippen LogP contribution in [0.5, 0.6) is 0 Å². The molecule has 4 heterocycles. The fourth-order valence-electron chi connectivity index (χ4n) is 5.13. The van der Waals surface area contributed by atoms with E-state index in [1.807, 2.05) is 31.1 Å². The minimum atomic E-state index is -0.293. The molecule has 0 saturated carbocycles. The Labute approximate surface area is 258 Å². The van der Waals surface area contributed by atoms with E-state index < -0.39 is 0 Å². The van der Waals surface area contributed by atoms with Crippen molar-refractivity contribution in [3.8, 4) is 11.8 Å². The minimum Gasteiger partial charge on any atom is -0.374 e. The zero-order chi connectivity index (χ0) is 31.6. The Bertz CT molecular complexity index is 1770. The van der Waals surface area contributed by atoms with Crippen LogP contribution in [0.15, 0.2) is 42.7 Å². The topological polar surface area (TPSA) is 112 Å². The summed E-state index contributed by atoms with van der Waals surface area (Å²) in [6, 6.07) is 9.36. The smallest absolute Gasteiger partial charge is 0.258 e. The van der Waals surface area contributed by atoms with Gasteiger partial charge >= 0.3 is 0 Å². The van der Waals surface area contributed by atoms with Gasteiger partial charge in [-0.05, 0) is 66.6 Å². The van der Waals surface area contributed by atoms with Crippen LogP contribution in [0.3, 0.4) is 0 Å². The zero-order valence-corrected chi connectivity index (χ0v) is 26.5. The summed E-state index contributed by atoms with van der Waals surface area (Å²) < 4.78 is 1.67. The molecular weight excluding hydrogens is 554 g/mol. The van der Waals surface area contributed by atoms with Gasteiger partial charge in [-0.25, -0.2) is 9.97 Å². The molecule has 11 heteroatoms. The summed E-state index contributed by atoms with van der Waals surface area (Å²) in [5.74, 6) is 6.23. The molecule has 1 aliphatic heterocycles. The van der Waals surface area contributed by atoms with Crippen molar-refractivity contribution >= 4 is 29.0 Å². The second-order valence-corrected chi connectivity index (χ2v) is 12.5. The van der Waals surface area contributed by atoms with Gasteiger partial charge in [0, 0.05) is 64.1 Å². The molecule has 228 valence electrons. The molecule has 3 aromatic heterocycles. The molecular formula is C33H39N9O2. The maximum atomic E-state index is 13.4. The van der Waals surface area contributed by atoms with Gasteiger partial charge < -0.3 is 9.80 Å². The number of Topliss-reactive ketones (excluding diaryl/α,β-unsaturated/α-hetero) is 1. The number of amides is 1. The molecule has 0 atom stereocenters. The van der Waals surface area contributed by atoms with Gasteiger partial charge in [-0.15, -0.1) is 10.2 Å². The van der Waals surface area contributed by atoms with Crippen molar-refractivity contribution in [2.75, 3.05) is 57.5 Å². The number of nitrogens with one attached hydrogen (secondary N) is 1. The number of pyridine rings is 1. The van der Waals surface area contributed by atoms with Crippen molar-refractivity contribution in [1.29, 1.82) is 0 Å². The van der Waals surface area contributed by atoms with Crippen molar-refractivity contribution in [2.45, 2.75) is 39.7 Å². The van der Waals surface area contributed by atoms with Gasteiger partial charge in [-0.3, -0.25) is 24.2 Å². The maximum Gasteiger partial charge on any atom is 0.258 e. The first-order valence-electron chi connectivity index (χ1n) is 14.7. The Morgan fingerprint density at radius 1 is 1.00 bits per heavy atom. The molecule has 1 saturated heterocycles. The maximum absolute atomic E-state index is 13.4. The summed E-state index contributed by atoms with van der Waals surface area (Å²) in [5.41, 5.74) is 4.99. The number of rotatable bonds is 6. The van der Waals surface area contributed by atoms with Crippen molar-refractivity contribution in [3.63, 3.8) is 0 Å². The van der Waals surface area contributed by atoms with Crippen molar-refractivity contribution in [3.05, 3.63) is 76.5 Å². The molecule has 1 fully saturated rings. The number of fused-ring (bicyclic) bond motifs is 1. The van der Waals surface area contributed by atoms with E-state index in [1.165, 1.54) is 12.5 Å². The number of likely N-dealkylation sites (N-methyl/N-ethyl adjacent to an activating group) is 1. The molecule has 0 radical (unpaired) electrons. The number of hydrogen-bond donors (Lipinski definition) is 1. The number of aromatic nitrogens is 5. The van der Waals surface area contributed by atoms with Crippen molar-refractivity contribution < 1.29 is 9.59 Å². The van der Waals surface area contributed by atoms with Crippen LogP contribution in [0.2, 0.25) is 0 Å². The minimum absolute atomic E-state index is 0.0649. The number of benzene rings is 1. The summed E-state index contributed by atoms with van der Waals surface area (Å²) in [4.78, 5) is 40.9. The summed E-state index contributed by atoms with van der Waals surface area (Å²) in [6.07, 6.45) is 3.30. The van der Waals surface area contributed by atoms with Crippen LogP contribution in [0.4, 0.5) is 11.6 Å². The molecule has 5 rings (SSSR count). The molecule has 44 heavy (non-hydrogen) atoms. The van der Waals surface area contributed by atoms with Gasteiger partial charge in [-0.1, -0.05) is 26.8 Å². The third kappa shape index (κ3) is 6.93. The second kappa shape index (κ2) is 12.5. The molecule has 4 aromatic rings. The van der Waals surface area contributed by atoms with Crippen LogP contribution in [0, 0.1) is 11.8 Å². The summed E-state index contributed by atoms with van der Waals surface area (Å²) in [6.45, 7) is 13.0. The van der Waals surface area contributed by atoms with Crippen molar-refractivity contribution in [1.82, 2.24) is 34.4 Å². The van der Waals surface area contributed by atoms with Gasteiger partial charge in [0.15, 0.2) is 11.4 Å². The molecule has 1 aliphatic rings. The molecule has 0 aliphatic carbocycles. The Hall–Kier alpha value is -4.66. The first-order valence-corrected chi connectivity index (χ1v) is 14.7. The van der Waals surface area contributed by atoms with Crippen LogP contribution in [0.1, 0.15) is 71.1 Å². The van der Waals surface area contributed by atoms with E-state index in [-0.39, 0.29) is 23.1 Å². The van der Waals surface area contributed by atoms with E-state index in [9.17, 15) is 9.59 Å². The van der Waals surface area contributed by atoms with E-state index in [2.05, 4.69) is 81.0 Å². The lowest BCUT2D eigenvalue weighted by Gasteiger charge is -2.34. The summed E-state index contributed by atoms with van der Waals surface area (Å²) in [7, 11) is 5.89. The SMILES string of the molecule is CC(=O)c1ccc2nnc(C#Cc3nc(NC(=O)c4ccc(CN5CCN(C)CC5)c(C(C)(C)C)c4)ncc3N(C)C)n2c1. The lowest BCUT2D eigenvalue weighted by molar-refractivity contribution is 0.101. The Kier molecular flexibility index (Phi) is 8.76. The third-order valence-corrected chi connectivity index (χ3v) is 7.75. The quantitative estimate of drug-likeness (QED) is 0.265. The zero-order valence-electron chi connectivity index (χ0n) is 26.5. The molecule has 11 nitrogen and oxygen atoms in total. The molecule has 0 unspecified atom stereocenters. The predicted molar refractivity (Wildman–Crippen MR) is 171 cm³/mol. The third-order valence-electron chi connectivity index (χ3n) is 7.75. The molecule has 0 spiro atoms. The normalized spacial score (nSPS) is 14.2. The summed E-state index contributed by atoms with van der Waals surface area (Å²) in [5, 5.41) is 11.2. The Morgan fingerprint density at radius 2 is 1.73 bits per heavy atom. The number of ketones is 1. The lowest BCUT2D eigenvalue weighted by Crippen LogP contribution is -2.44. The van der Waals surface area contributed by atoms with E-state index in [1.54, 1.807) is 28.9 Å². The van der Waals surface area contributed by atoms with Crippen LogP contribution in [-0.2, 0) is 12.0 Å². The molecule has 1 N–H and O–H groups in total. The van der Waals surface area contributed by atoms with Crippen LogP contribution in [0.25, 0.3) is 5.65 Å².